The maximum absolute atomic E-state index is 12.8. The number of nitrogens with zero attached hydrogens (tertiary/aromatic N) is 2. The molecule has 0 unspecified atom stereocenters. The second-order valence-corrected chi connectivity index (χ2v) is 8.05. The zero-order valence-electron chi connectivity index (χ0n) is 14.2. The van der Waals surface area contributed by atoms with Crippen molar-refractivity contribution < 1.29 is 9.53 Å². The van der Waals surface area contributed by atoms with Crippen LogP contribution in [-0.2, 0) is 21.6 Å². The fourth-order valence-electron chi connectivity index (χ4n) is 4.86. The Morgan fingerprint density at radius 3 is 2.79 bits per heavy atom. The van der Waals surface area contributed by atoms with Gasteiger partial charge in [0.05, 0.1) is 12.1 Å². The first-order valence-corrected chi connectivity index (χ1v) is 9.50. The van der Waals surface area contributed by atoms with Gasteiger partial charge < -0.3 is 9.64 Å². The summed E-state index contributed by atoms with van der Waals surface area (Å²) in [5, 5.41) is 0. The number of carbonyl (C=O) groups is 1. The van der Waals surface area contributed by atoms with Gasteiger partial charge in [0.1, 0.15) is 6.10 Å². The standard InChI is InChI=1S/C20H26N2O2/c23-19(21-9-3-4-10-21)18-11-20(14-24-18)17-6-2-1-5-16(17)13-22(20)12-15-7-8-15/h1-2,5-6,15,18H,3-4,7-14H2/t18-,20-/m0/s1. The number of carbonyl (C=O) groups excluding carboxylic acids is 1. The van der Waals surface area contributed by atoms with Crippen molar-refractivity contribution in [3.8, 4) is 0 Å². The number of hydrogen-bond acceptors (Lipinski definition) is 3. The van der Waals surface area contributed by atoms with Crippen molar-refractivity contribution in [3.63, 3.8) is 0 Å². The van der Waals surface area contributed by atoms with Gasteiger partial charge in [-0.3, -0.25) is 9.69 Å². The van der Waals surface area contributed by atoms with Crippen LogP contribution in [0.4, 0.5) is 0 Å². The second kappa shape index (κ2) is 5.57. The van der Waals surface area contributed by atoms with Crippen LogP contribution < -0.4 is 0 Å². The third-order valence-corrected chi connectivity index (χ3v) is 6.40. The lowest BCUT2D eigenvalue weighted by molar-refractivity contribution is -0.139. The largest absolute Gasteiger partial charge is 0.366 e. The molecule has 4 aliphatic rings. The lowest BCUT2D eigenvalue weighted by Crippen LogP contribution is -2.44. The van der Waals surface area contributed by atoms with Crippen LogP contribution in [0.3, 0.4) is 0 Å². The van der Waals surface area contributed by atoms with E-state index in [0.717, 1.165) is 51.4 Å². The summed E-state index contributed by atoms with van der Waals surface area (Å²) < 4.78 is 6.12. The fraction of sp³-hybridized carbons (Fsp3) is 0.650. The van der Waals surface area contributed by atoms with Gasteiger partial charge in [-0.05, 0) is 42.7 Å². The second-order valence-electron chi connectivity index (χ2n) is 8.05. The molecular weight excluding hydrogens is 300 g/mol. The zero-order chi connectivity index (χ0) is 16.1. The third-order valence-electron chi connectivity index (χ3n) is 6.40. The zero-order valence-corrected chi connectivity index (χ0v) is 14.2. The molecule has 2 atom stereocenters. The minimum atomic E-state index is -0.254. The summed E-state index contributed by atoms with van der Waals surface area (Å²) in [6.07, 6.45) is 5.57. The Hall–Kier alpha value is -1.39. The minimum Gasteiger partial charge on any atom is -0.366 e. The van der Waals surface area contributed by atoms with Crippen molar-refractivity contribution in [1.29, 1.82) is 0 Å². The van der Waals surface area contributed by atoms with Crippen LogP contribution in [0.15, 0.2) is 24.3 Å². The van der Waals surface area contributed by atoms with Gasteiger partial charge in [-0.25, -0.2) is 0 Å². The maximum Gasteiger partial charge on any atom is 0.251 e. The predicted molar refractivity (Wildman–Crippen MR) is 91.4 cm³/mol. The highest BCUT2D eigenvalue weighted by Crippen LogP contribution is 2.48. The number of rotatable bonds is 3. The van der Waals surface area contributed by atoms with Crippen molar-refractivity contribution in [3.05, 3.63) is 35.4 Å². The van der Waals surface area contributed by atoms with E-state index in [4.69, 9.17) is 4.74 Å². The summed E-state index contributed by atoms with van der Waals surface area (Å²) in [6.45, 7) is 4.66. The molecule has 0 radical (unpaired) electrons. The number of ether oxygens (including phenoxy) is 1. The average Bonchev–Trinajstić information content (AvgIpc) is 3.06. The van der Waals surface area contributed by atoms with Gasteiger partial charge in [-0.2, -0.15) is 0 Å². The summed E-state index contributed by atoms with van der Waals surface area (Å²) in [5.41, 5.74) is 2.76. The van der Waals surface area contributed by atoms with Gasteiger partial charge in [-0.15, -0.1) is 0 Å². The lowest BCUT2D eigenvalue weighted by Gasteiger charge is -2.35. The molecule has 2 saturated heterocycles. The van der Waals surface area contributed by atoms with E-state index in [0.29, 0.717) is 6.61 Å². The van der Waals surface area contributed by atoms with E-state index >= 15 is 0 Å². The van der Waals surface area contributed by atoms with Crippen molar-refractivity contribution in [2.75, 3.05) is 26.2 Å². The monoisotopic (exact) mass is 326 g/mol. The number of amides is 1. The summed E-state index contributed by atoms with van der Waals surface area (Å²) >= 11 is 0. The topological polar surface area (TPSA) is 32.8 Å². The molecule has 3 aliphatic heterocycles. The van der Waals surface area contributed by atoms with E-state index in [-0.39, 0.29) is 17.6 Å². The molecule has 3 heterocycles. The normalized spacial score (nSPS) is 32.7. The molecule has 0 aromatic heterocycles. The smallest absolute Gasteiger partial charge is 0.251 e. The fourth-order valence-corrected chi connectivity index (χ4v) is 4.86. The van der Waals surface area contributed by atoms with Gasteiger partial charge >= 0.3 is 0 Å². The highest BCUT2D eigenvalue weighted by molar-refractivity contribution is 5.81. The molecule has 3 fully saturated rings. The van der Waals surface area contributed by atoms with Gasteiger partial charge in [0.2, 0.25) is 0 Å². The Morgan fingerprint density at radius 1 is 1.21 bits per heavy atom. The Labute approximate surface area is 143 Å². The highest BCUT2D eigenvalue weighted by Gasteiger charge is 2.53. The molecule has 4 heteroatoms. The maximum atomic E-state index is 12.8. The molecule has 128 valence electrons. The molecule has 0 bridgehead atoms. The summed E-state index contributed by atoms with van der Waals surface area (Å²) in [5.74, 6) is 1.07. The van der Waals surface area contributed by atoms with E-state index < -0.39 is 0 Å². The van der Waals surface area contributed by atoms with Gasteiger partial charge in [0.15, 0.2) is 0 Å². The predicted octanol–water partition coefficient (Wildman–Crippen LogP) is 2.52. The molecule has 1 aliphatic carbocycles. The van der Waals surface area contributed by atoms with E-state index in [1.54, 1.807) is 0 Å². The van der Waals surface area contributed by atoms with Crippen molar-refractivity contribution >= 4 is 5.91 Å². The molecule has 4 nitrogen and oxygen atoms in total. The van der Waals surface area contributed by atoms with Crippen LogP contribution in [0.25, 0.3) is 0 Å². The van der Waals surface area contributed by atoms with Crippen molar-refractivity contribution in [2.45, 2.75) is 50.3 Å². The van der Waals surface area contributed by atoms with E-state index in [2.05, 4.69) is 29.2 Å². The number of hydrogen-bond donors (Lipinski definition) is 0. The van der Waals surface area contributed by atoms with E-state index in [1.165, 1.54) is 24.0 Å². The summed E-state index contributed by atoms with van der Waals surface area (Å²) in [7, 11) is 0. The van der Waals surface area contributed by atoms with Crippen molar-refractivity contribution in [1.82, 2.24) is 9.80 Å². The van der Waals surface area contributed by atoms with Crippen LogP contribution in [0.1, 0.15) is 43.2 Å². The van der Waals surface area contributed by atoms with Gasteiger partial charge in [0.25, 0.3) is 5.91 Å². The SMILES string of the molecule is O=C([C@@H]1C[C@]2(CO1)c1ccccc1CN2CC1CC1)N1CCCC1. The minimum absolute atomic E-state index is 0.0702. The first-order chi connectivity index (χ1) is 11.8. The van der Waals surface area contributed by atoms with Crippen LogP contribution >= 0.6 is 0 Å². The molecule has 1 aromatic carbocycles. The van der Waals surface area contributed by atoms with E-state index in [9.17, 15) is 4.79 Å². The van der Waals surface area contributed by atoms with Crippen molar-refractivity contribution in [2.24, 2.45) is 5.92 Å². The van der Waals surface area contributed by atoms with E-state index in [1.807, 2.05) is 4.90 Å². The molecule has 1 saturated carbocycles. The summed E-state index contributed by atoms with van der Waals surface area (Å²) in [4.78, 5) is 17.5. The lowest BCUT2D eigenvalue weighted by atomic mass is 9.86. The molecule has 0 N–H and O–H groups in total. The molecule has 1 aromatic rings. The Balaban J connectivity index is 1.42. The quantitative estimate of drug-likeness (QED) is 0.856. The Kier molecular flexibility index (Phi) is 3.46. The first-order valence-electron chi connectivity index (χ1n) is 9.50. The molecule has 5 rings (SSSR count). The molecule has 1 spiro atoms. The van der Waals surface area contributed by atoms with Gasteiger partial charge in [0, 0.05) is 32.6 Å². The summed E-state index contributed by atoms with van der Waals surface area (Å²) in [6, 6.07) is 8.78. The third kappa shape index (κ3) is 2.31. The average molecular weight is 326 g/mol. The number of benzene rings is 1. The number of likely N-dealkylation sites (tertiary alicyclic amines) is 1. The van der Waals surface area contributed by atoms with Gasteiger partial charge in [-0.1, -0.05) is 24.3 Å². The Morgan fingerprint density at radius 2 is 2.00 bits per heavy atom. The Bertz CT molecular complexity index is 651. The highest BCUT2D eigenvalue weighted by atomic mass is 16.5. The van der Waals surface area contributed by atoms with Crippen LogP contribution in [0, 0.1) is 5.92 Å². The molecular formula is C20H26N2O2. The van der Waals surface area contributed by atoms with Crippen LogP contribution in [0.5, 0.6) is 0 Å². The first kappa shape index (κ1) is 14.9. The molecule has 24 heavy (non-hydrogen) atoms. The van der Waals surface area contributed by atoms with Crippen LogP contribution in [-0.4, -0.2) is 48.1 Å². The number of fused-ring (bicyclic) bond motifs is 2. The molecule has 1 amide bonds. The van der Waals surface area contributed by atoms with Crippen LogP contribution in [0.2, 0.25) is 0 Å².